The van der Waals surface area contributed by atoms with Crippen LogP contribution in [0.4, 0.5) is 0 Å². The number of nitrogens with zero attached hydrogens (tertiary/aromatic N) is 1. The van der Waals surface area contributed by atoms with Crippen LogP contribution in [-0.2, 0) is 6.54 Å². The monoisotopic (exact) mass is 294 g/mol. The van der Waals surface area contributed by atoms with Crippen molar-refractivity contribution >= 4 is 15.9 Å². The van der Waals surface area contributed by atoms with Gasteiger partial charge in [0.2, 0.25) is 0 Å². The molecule has 4 heteroatoms. The van der Waals surface area contributed by atoms with Crippen LogP contribution in [0.25, 0.3) is 11.3 Å². The summed E-state index contributed by atoms with van der Waals surface area (Å²) < 4.78 is 6.36. The number of nitrogens with one attached hydrogen (secondary N) is 1. The molecule has 0 aliphatic carbocycles. The zero-order chi connectivity index (χ0) is 12.3. The standard InChI is InChI=1S/C13H15BrN2O/c1-9(2)15-7-11-8-16-17-13(11)10-4-3-5-12(14)6-10/h3-6,8-9,15H,7H2,1-2H3. The highest BCUT2D eigenvalue weighted by molar-refractivity contribution is 9.10. The maximum absolute atomic E-state index is 5.33. The summed E-state index contributed by atoms with van der Waals surface area (Å²) in [5.74, 6) is 0.833. The van der Waals surface area contributed by atoms with Gasteiger partial charge in [0.05, 0.1) is 6.20 Å². The largest absolute Gasteiger partial charge is 0.356 e. The molecule has 0 atom stereocenters. The first-order valence-electron chi connectivity index (χ1n) is 5.59. The molecule has 1 aromatic carbocycles. The van der Waals surface area contributed by atoms with Gasteiger partial charge in [-0.25, -0.2) is 0 Å². The summed E-state index contributed by atoms with van der Waals surface area (Å²) in [6.07, 6.45) is 1.77. The van der Waals surface area contributed by atoms with E-state index < -0.39 is 0 Å². The summed E-state index contributed by atoms with van der Waals surface area (Å²) in [5, 5.41) is 7.24. The lowest BCUT2D eigenvalue weighted by Crippen LogP contribution is -2.21. The van der Waals surface area contributed by atoms with Crippen molar-refractivity contribution in [1.29, 1.82) is 0 Å². The lowest BCUT2D eigenvalue weighted by Gasteiger charge is -2.07. The van der Waals surface area contributed by atoms with Crippen LogP contribution < -0.4 is 5.32 Å². The molecule has 0 radical (unpaired) electrons. The van der Waals surface area contributed by atoms with Crippen molar-refractivity contribution in [2.24, 2.45) is 0 Å². The first-order chi connectivity index (χ1) is 8.16. The van der Waals surface area contributed by atoms with E-state index in [1.807, 2.05) is 24.3 Å². The van der Waals surface area contributed by atoms with Gasteiger partial charge in [-0.1, -0.05) is 47.1 Å². The average Bonchev–Trinajstić information content (AvgIpc) is 2.74. The van der Waals surface area contributed by atoms with Crippen LogP contribution in [0.15, 0.2) is 39.5 Å². The minimum Gasteiger partial charge on any atom is -0.356 e. The second kappa shape index (κ2) is 5.47. The van der Waals surface area contributed by atoms with Crippen LogP contribution in [0, 0.1) is 0 Å². The molecule has 0 unspecified atom stereocenters. The van der Waals surface area contributed by atoms with Crippen LogP contribution in [0.3, 0.4) is 0 Å². The molecule has 0 saturated carbocycles. The fourth-order valence-electron chi connectivity index (χ4n) is 1.57. The fourth-order valence-corrected chi connectivity index (χ4v) is 1.97. The number of rotatable bonds is 4. The SMILES string of the molecule is CC(C)NCc1cnoc1-c1cccc(Br)c1. The van der Waals surface area contributed by atoms with Gasteiger partial charge in [0, 0.05) is 28.2 Å². The molecule has 0 fully saturated rings. The minimum absolute atomic E-state index is 0.445. The summed E-state index contributed by atoms with van der Waals surface area (Å²) in [6, 6.07) is 8.47. The smallest absolute Gasteiger partial charge is 0.171 e. The molecule has 0 bridgehead atoms. The Labute approximate surface area is 109 Å². The maximum atomic E-state index is 5.33. The zero-order valence-corrected chi connectivity index (χ0v) is 11.5. The normalized spacial score (nSPS) is 11.1. The lowest BCUT2D eigenvalue weighted by molar-refractivity contribution is 0.431. The van der Waals surface area contributed by atoms with Crippen LogP contribution in [0.5, 0.6) is 0 Å². The molecule has 2 aromatic rings. The van der Waals surface area contributed by atoms with E-state index in [-0.39, 0.29) is 0 Å². The Bertz CT molecular complexity index is 494. The molecule has 17 heavy (non-hydrogen) atoms. The first-order valence-corrected chi connectivity index (χ1v) is 6.39. The Hall–Kier alpha value is -1.13. The summed E-state index contributed by atoms with van der Waals surface area (Å²) in [6.45, 7) is 5.00. The van der Waals surface area contributed by atoms with E-state index in [1.165, 1.54) is 0 Å². The van der Waals surface area contributed by atoms with Gasteiger partial charge >= 0.3 is 0 Å². The van der Waals surface area contributed by atoms with Crippen molar-refractivity contribution in [3.05, 3.63) is 40.5 Å². The highest BCUT2D eigenvalue weighted by Gasteiger charge is 2.10. The summed E-state index contributed by atoms with van der Waals surface area (Å²) in [4.78, 5) is 0. The quantitative estimate of drug-likeness (QED) is 0.936. The van der Waals surface area contributed by atoms with E-state index in [1.54, 1.807) is 6.20 Å². The van der Waals surface area contributed by atoms with E-state index in [0.717, 1.165) is 27.9 Å². The Balaban J connectivity index is 2.24. The van der Waals surface area contributed by atoms with E-state index in [0.29, 0.717) is 6.04 Å². The molecule has 0 saturated heterocycles. The van der Waals surface area contributed by atoms with Crippen molar-refractivity contribution in [1.82, 2.24) is 10.5 Å². The molecule has 0 spiro atoms. The molecular formula is C13H15BrN2O. The maximum Gasteiger partial charge on any atom is 0.171 e. The van der Waals surface area contributed by atoms with Gasteiger partial charge in [0.15, 0.2) is 5.76 Å². The van der Waals surface area contributed by atoms with Crippen molar-refractivity contribution < 1.29 is 4.52 Å². The van der Waals surface area contributed by atoms with Gasteiger partial charge in [-0.3, -0.25) is 0 Å². The molecule has 0 aliphatic rings. The van der Waals surface area contributed by atoms with Gasteiger partial charge in [-0.2, -0.15) is 0 Å². The van der Waals surface area contributed by atoms with Gasteiger partial charge in [0.25, 0.3) is 0 Å². The molecule has 1 N–H and O–H groups in total. The number of hydrogen-bond donors (Lipinski definition) is 1. The highest BCUT2D eigenvalue weighted by Crippen LogP contribution is 2.26. The zero-order valence-electron chi connectivity index (χ0n) is 9.90. The first kappa shape index (κ1) is 12.3. The van der Waals surface area contributed by atoms with Crippen molar-refractivity contribution in [3.63, 3.8) is 0 Å². The topological polar surface area (TPSA) is 38.1 Å². The Morgan fingerprint density at radius 1 is 1.41 bits per heavy atom. The van der Waals surface area contributed by atoms with E-state index in [4.69, 9.17) is 4.52 Å². The summed E-state index contributed by atoms with van der Waals surface area (Å²) >= 11 is 3.46. The number of aromatic nitrogens is 1. The van der Waals surface area contributed by atoms with Crippen molar-refractivity contribution in [3.8, 4) is 11.3 Å². The molecule has 0 aliphatic heterocycles. The van der Waals surface area contributed by atoms with Crippen LogP contribution in [0.1, 0.15) is 19.4 Å². The average molecular weight is 295 g/mol. The van der Waals surface area contributed by atoms with E-state index in [2.05, 4.69) is 40.3 Å². The third-order valence-electron chi connectivity index (χ3n) is 2.43. The van der Waals surface area contributed by atoms with Gasteiger partial charge < -0.3 is 9.84 Å². The second-order valence-corrected chi connectivity index (χ2v) is 5.14. The minimum atomic E-state index is 0.445. The Morgan fingerprint density at radius 3 is 2.94 bits per heavy atom. The highest BCUT2D eigenvalue weighted by atomic mass is 79.9. The third kappa shape index (κ3) is 3.17. The lowest BCUT2D eigenvalue weighted by atomic mass is 10.1. The Kier molecular flexibility index (Phi) is 3.97. The van der Waals surface area contributed by atoms with E-state index >= 15 is 0 Å². The molecular weight excluding hydrogens is 280 g/mol. The van der Waals surface area contributed by atoms with Crippen LogP contribution in [-0.4, -0.2) is 11.2 Å². The van der Waals surface area contributed by atoms with Crippen LogP contribution >= 0.6 is 15.9 Å². The molecule has 2 rings (SSSR count). The van der Waals surface area contributed by atoms with Gasteiger partial charge in [-0.15, -0.1) is 0 Å². The fraction of sp³-hybridized carbons (Fsp3) is 0.308. The van der Waals surface area contributed by atoms with Crippen molar-refractivity contribution in [2.45, 2.75) is 26.4 Å². The Morgan fingerprint density at radius 2 is 2.24 bits per heavy atom. The predicted molar refractivity (Wildman–Crippen MR) is 71.6 cm³/mol. The predicted octanol–water partition coefficient (Wildman–Crippen LogP) is 3.60. The molecule has 0 amide bonds. The number of hydrogen-bond acceptors (Lipinski definition) is 3. The molecule has 1 aromatic heterocycles. The summed E-state index contributed by atoms with van der Waals surface area (Å²) in [7, 11) is 0. The van der Waals surface area contributed by atoms with Crippen molar-refractivity contribution in [2.75, 3.05) is 0 Å². The molecule has 3 nitrogen and oxygen atoms in total. The summed E-state index contributed by atoms with van der Waals surface area (Å²) in [5.41, 5.74) is 2.12. The second-order valence-electron chi connectivity index (χ2n) is 4.23. The third-order valence-corrected chi connectivity index (χ3v) is 2.93. The van der Waals surface area contributed by atoms with Gasteiger partial charge in [0.1, 0.15) is 0 Å². The molecule has 1 heterocycles. The number of benzene rings is 1. The van der Waals surface area contributed by atoms with E-state index in [9.17, 15) is 0 Å². The number of halogens is 1. The molecule has 90 valence electrons. The van der Waals surface area contributed by atoms with Gasteiger partial charge in [-0.05, 0) is 12.1 Å². The van der Waals surface area contributed by atoms with Crippen LogP contribution in [0.2, 0.25) is 0 Å².